The van der Waals surface area contributed by atoms with E-state index in [1.165, 1.54) is 0 Å². The molecule has 0 amide bonds. The standard InChI is InChI=1S/C9H16O2.C4H11N/c1-4-5-6-7-11-9(10)8(2)3;1-3-5-4-2/h2,4-7H2,1,3H3;5H,3-4H2,1-2H3. The molecule has 16 heavy (non-hydrogen) atoms. The first kappa shape index (κ1) is 17.6. The van der Waals surface area contributed by atoms with Gasteiger partial charge >= 0.3 is 5.97 Å². The normalized spacial score (nSPS) is 9.00. The van der Waals surface area contributed by atoms with Crippen molar-refractivity contribution in [3.05, 3.63) is 12.2 Å². The highest BCUT2D eigenvalue weighted by molar-refractivity contribution is 5.86. The molecule has 0 atom stereocenters. The molecular formula is C13H27NO2. The van der Waals surface area contributed by atoms with Gasteiger partial charge in [-0.25, -0.2) is 4.79 Å². The Morgan fingerprint density at radius 2 is 1.75 bits per heavy atom. The van der Waals surface area contributed by atoms with Gasteiger partial charge in [-0.3, -0.25) is 0 Å². The smallest absolute Gasteiger partial charge is 0.333 e. The van der Waals surface area contributed by atoms with Crippen LogP contribution < -0.4 is 5.32 Å². The van der Waals surface area contributed by atoms with Crippen LogP contribution in [-0.4, -0.2) is 25.7 Å². The number of carbonyl (C=O) groups is 1. The van der Waals surface area contributed by atoms with Crippen LogP contribution in [0.1, 0.15) is 47.0 Å². The predicted molar refractivity (Wildman–Crippen MR) is 69.5 cm³/mol. The predicted octanol–water partition coefficient (Wildman–Crippen LogP) is 2.91. The van der Waals surface area contributed by atoms with E-state index in [4.69, 9.17) is 4.74 Å². The Labute approximate surface area is 100 Å². The Hall–Kier alpha value is -0.830. The van der Waals surface area contributed by atoms with Gasteiger partial charge in [0.15, 0.2) is 0 Å². The third kappa shape index (κ3) is 15.6. The monoisotopic (exact) mass is 229 g/mol. The first-order chi connectivity index (χ1) is 7.59. The van der Waals surface area contributed by atoms with Gasteiger partial charge in [-0.2, -0.15) is 0 Å². The lowest BCUT2D eigenvalue weighted by molar-refractivity contribution is -0.139. The Morgan fingerprint density at radius 1 is 1.19 bits per heavy atom. The van der Waals surface area contributed by atoms with Gasteiger partial charge in [0.1, 0.15) is 0 Å². The second-order valence-electron chi connectivity index (χ2n) is 3.58. The van der Waals surface area contributed by atoms with Crippen molar-refractivity contribution in [2.24, 2.45) is 0 Å². The first-order valence-corrected chi connectivity index (χ1v) is 6.13. The van der Waals surface area contributed by atoms with Crippen LogP contribution in [0.5, 0.6) is 0 Å². The molecule has 0 aromatic rings. The summed E-state index contributed by atoms with van der Waals surface area (Å²) in [4.78, 5) is 10.8. The van der Waals surface area contributed by atoms with E-state index < -0.39 is 0 Å². The Bertz CT molecular complexity index is 177. The van der Waals surface area contributed by atoms with E-state index in [1.54, 1.807) is 6.92 Å². The lowest BCUT2D eigenvalue weighted by Crippen LogP contribution is -2.09. The Morgan fingerprint density at radius 3 is 2.06 bits per heavy atom. The fourth-order valence-corrected chi connectivity index (χ4v) is 0.890. The molecule has 3 nitrogen and oxygen atoms in total. The fourth-order valence-electron chi connectivity index (χ4n) is 0.890. The van der Waals surface area contributed by atoms with Crippen molar-refractivity contribution in [1.82, 2.24) is 5.32 Å². The molecule has 3 heteroatoms. The highest BCUT2D eigenvalue weighted by Gasteiger charge is 2.00. The van der Waals surface area contributed by atoms with Gasteiger partial charge in [-0.1, -0.05) is 40.2 Å². The summed E-state index contributed by atoms with van der Waals surface area (Å²) in [6, 6.07) is 0. The van der Waals surface area contributed by atoms with Crippen LogP contribution in [0.25, 0.3) is 0 Å². The summed E-state index contributed by atoms with van der Waals surface area (Å²) >= 11 is 0. The van der Waals surface area contributed by atoms with Gasteiger partial charge in [-0.15, -0.1) is 0 Å². The minimum atomic E-state index is -0.277. The summed E-state index contributed by atoms with van der Waals surface area (Å²) in [5.74, 6) is -0.277. The first-order valence-electron chi connectivity index (χ1n) is 6.13. The summed E-state index contributed by atoms with van der Waals surface area (Å²) in [6.45, 7) is 14.2. The minimum absolute atomic E-state index is 0.277. The molecule has 96 valence electrons. The van der Waals surface area contributed by atoms with Crippen molar-refractivity contribution < 1.29 is 9.53 Å². The van der Waals surface area contributed by atoms with Gasteiger partial charge in [0.05, 0.1) is 6.61 Å². The summed E-state index contributed by atoms with van der Waals surface area (Å²) in [5.41, 5.74) is 0.474. The molecule has 0 heterocycles. The maximum Gasteiger partial charge on any atom is 0.333 e. The summed E-state index contributed by atoms with van der Waals surface area (Å²) in [7, 11) is 0. The number of carbonyl (C=O) groups excluding carboxylic acids is 1. The van der Waals surface area contributed by atoms with Crippen LogP contribution in [0.3, 0.4) is 0 Å². The van der Waals surface area contributed by atoms with Crippen molar-refractivity contribution in [2.45, 2.75) is 47.0 Å². The van der Waals surface area contributed by atoms with E-state index in [1.807, 2.05) is 0 Å². The third-order valence-corrected chi connectivity index (χ3v) is 1.83. The van der Waals surface area contributed by atoms with Crippen LogP contribution in [0.4, 0.5) is 0 Å². The quantitative estimate of drug-likeness (QED) is 0.414. The number of unbranched alkanes of at least 4 members (excludes halogenated alkanes) is 2. The molecular weight excluding hydrogens is 202 g/mol. The Kier molecular flexibility index (Phi) is 15.6. The highest BCUT2D eigenvalue weighted by Crippen LogP contribution is 1.97. The second-order valence-corrected chi connectivity index (χ2v) is 3.58. The number of esters is 1. The average Bonchev–Trinajstić information content (AvgIpc) is 2.26. The molecule has 0 aliphatic rings. The average molecular weight is 229 g/mol. The molecule has 0 aliphatic heterocycles. The van der Waals surface area contributed by atoms with Crippen LogP contribution in [0, 0.1) is 0 Å². The largest absolute Gasteiger partial charge is 0.462 e. The van der Waals surface area contributed by atoms with E-state index in [-0.39, 0.29) is 5.97 Å². The SMILES string of the molecule is C=C(C)C(=O)OCCCCC.CCNCC. The van der Waals surface area contributed by atoms with Crippen molar-refractivity contribution in [1.29, 1.82) is 0 Å². The molecule has 0 unspecified atom stereocenters. The number of hydrogen-bond acceptors (Lipinski definition) is 3. The van der Waals surface area contributed by atoms with E-state index in [0.717, 1.165) is 32.4 Å². The molecule has 0 aromatic heterocycles. The summed E-state index contributed by atoms with van der Waals surface area (Å²) in [5, 5.41) is 3.11. The van der Waals surface area contributed by atoms with Crippen LogP contribution >= 0.6 is 0 Å². The fraction of sp³-hybridized carbons (Fsp3) is 0.769. The third-order valence-electron chi connectivity index (χ3n) is 1.83. The van der Waals surface area contributed by atoms with Gasteiger partial charge in [0.2, 0.25) is 0 Å². The summed E-state index contributed by atoms with van der Waals surface area (Å²) < 4.78 is 4.87. The highest BCUT2D eigenvalue weighted by atomic mass is 16.5. The molecule has 0 aromatic carbocycles. The zero-order valence-corrected chi connectivity index (χ0v) is 11.3. The van der Waals surface area contributed by atoms with Gasteiger partial charge in [0.25, 0.3) is 0 Å². The van der Waals surface area contributed by atoms with Gasteiger partial charge < -0.3 is 10.1 Å². The minimum Gasteiger partial charge on any atom is -0.462 e. The van der Waals surface area contributed by atoms with E-state index in [0.29, 0.717) is 12.2 Å². The second kappa shape index (κ2) is 14.2. The van der Waals surface area contributed by atoms with Crippen molar-refractivity contribution in [3.63, 3.8) is 0 Å². The lowest BCUT2D eigenvalue weighted by atomic mass is 10.3. The zero-order chi connectivity index (χ0) is 12.8. The number of rotatable bonds is 7. The Balaban J connectivity index is 0. The maximum atomic E-state index is 10.8. The van der Waals surface area contributed by atoms with Crippen molar-refractivity contribution in [2.75, 3.05) is 19.7 Å². The number of hydrogen-bond donors (Lipinski definition) is 1. The van der Waals surface area contributed by atoms with Crippen LogP contribution in [0.15, 0.2) is 12.2 Å². The molecule has 1 N–H and O–H groups in total. The molecule has 0 aliphatic carbocycles. The maximum absolute atomic E-state index is 10.8. The molecule has 0 radical (unpaired) electrons. The van der Waals surface area contributed by atoms with Crippen molar-refractivity contribution in [3.8, 4) is 0 Å². The van der Waals surface area contributed by atoms with Gasteiger partial charge in [0, 0.05) is 5.57 Å². The van der Waals surface area contributed by atoms with Crippen LogP contribution in [0.2, 0.25) is 0 Å². The summed E-state index contributed by atoms with van der Waals surface area (Å²) in [6.07, 6.45) is 3.21. The van der Waals surface area contributed by atoms with E-state index in [9.17, 15) is 4.79 Å². The van der Waals surface area contributed by atoms with E-state index >= 15 is 0 Å². The molecule has 0 fully saturated rings. The topological polar surface area (TPSA) is 38.3 Å². The van der Waals surface area contributed by atoms with Gasteiger partial charge in [-0.05, 0) is 26.4 Å². The number of nitrogens with one attached hydrogen (secondary N) is 1. The molecule has 0 saturated heterocycles. The molecule has 0 saturated carbocycles. The molecule has 0 bridgehead atoms. The van der Waals surface area contributed by atoms with E-state index in [2.05, 4.69) is 32.7 Å². The van der Waals surface area contributed by atoms with Crippen molar-refractivity contribution >= 4 is 5.97 Å². The lowest BCUT2D eigenvalue weighted by Gasteiger charge is -2.02. The number of ether oxygens (including phenoxy) is 1. The molecule has 0 rings (SSSR count). The van der Waals surface area contributed by atoms with Crippen LogP contribution in [-0.2, 0) is 9.53 Å². The molecule has 0 spiro atoms. The zero-order valence-electron chi connectivity index (χ0n) is 11.3.